The predicted octanol–water partition coefficient (Wildman–Crippen LogP) is 4.33. The van der Waals surface area contributed by atoms with E-state index in [1.807, 2.05) is 13.0 Å². The summed E-state index contributed by atoms with van der Waals surface area (Å²) in [5.41, 5.74) is 4.33. The molecular formula is C27H23FN10OS. The van der Waals surface area contributed by atoms with Gasteiger partial charge in [-0.2, -0.15) is 9.36 Å². The van der Waals surface area contributed by atoms with Crippen LogP contribution in [0.4, 0.5) is 16.2 Å². The van der Waals surface area contributed by atoms with Crippen molar-refractivity contribution in [2.24, 2.45) is 4.99 Å². The fourth-order valence-corrected chi connectivity index (χ4v) is 4.26. The van der Waals surface area contributed by atoms with Gasteiger partial charge < -0.3 is 10.6 Å². The van der Waals surface area contributed by atoms with Crippen molar-refractivity contribution in [3.63, 3.8) is 0 Å². The normalized spacial score (nSPS) is 11.1. The molecule has 200 valence electrons. The third-order valence-corrected chi connectivity index (χ3v) is 6.28. The van der Waals surface area contributed by atoms with Crippen LogP contribution in [0.3, 0.4) is 0 Å². The third kappa shape index (κ3) is 6.32. The van der Waals surface area contributed by atoms with Gasteiger partial charge >= 0.3 is 0 Å². The molecule has 5 aromatic heterocycles. The SMILES string of the molecule is C/N=C\c1nc(Nc2cc(C)nc(-c3ccc(C(=O)NCc4ccc(-c5cc(F)cnc5C)nc4)nc3)n2)ns1. The van der Waals surface area contributed by atoms with E-state index >= 15 is 0 Å². The average molecular weight is 555 g/mol. The molecule has 0 radical (unpaired) electrons. The van der Waals surface area contributed by atoms with Gasteiger partial charge in [-0.05, 0) is 55.2 Å². The van der Waals surface area contributed by atoms with Gasteiger partial charge in [-0.1, -0.05) is 6.07 Å². The molecule has 0 aliphatic heterocycles. The maximum Gasteiger partial charge on any atom is 0.270 e. The van der Waals surface area contributed by atoms with Gasteiger partial charge in [0, 0.05) is 54.6 Å². The number of amides is 1. The summed E-state index contributed by atoms with van der Waals surface area (Å²) >= 11 is 1.22. The number of rotatable bonds is 8. The van der Waals surface area contributed by atoms with E-state index in [1.165, 1.54) is 23.8 Å². The summed E-state index contributed by atoms with van der Waals surface area (Å²) in [5.74, 6) is 0.635. The van der Waals surface area contributed by atoms with Gasteiger partial charge in [-0.3, -0.25) is 24.7 Å². The lowest BCUT2D eigenvalue weighted by Crippen LogP contribution is -2.23. The Kier molecular flexibility index (Phi) is 7.82. The molecule has 0 fully saturated rings. The van der Waals surface area contributed by atoms with Gasteiger partial charge in [0.05, 0.1) is 18.1 Å². The lowest BCUT2D eigenvalue weighted by atomic mass is 10.1. The van der Waals surface area contributed by atoms with Crippen LogP contribution in [0.1, 0.15) is 32.4 Å². The minimum Gasteiger partial charge on any atom is -0.347 e. The summed E-state index contributed by atoms with van der Waals surface area (Å²) in [5, 5.41) is 6.59. The van der Waals surface area contributed by atoms with Gasteiger partial charge in [0.1, 0.15) is 17.3 Å². The smallest absolute Gasteiger partial charge is 0.270 e. The van der Waals surface area contributed by atoms with Gasteiger partial charge in [-0.25, -0.2) is 14.4 Å². The van der Waals surface area contributed by atoms with Gasteiger partial charge in [0.25, 0.3) is 5.91 Å². The van der Waals surface area contributed by atoms with Crippen molar-refractivity contribution >= 4 is 35.4 Å². The number of nitrogens with zero attached hydrogens (tertiary/aromatic N) is 8. The molecule has 40 heavy (non-hydrogen) atoms. The summed E-state index contributed by atoms with van der Waals surface area (Å²) in [6.45, 7) is 3.90. The van der Waals surface area contributed by atoms with Crippen LogP contribution in [0.15, 0.2) is 60.0 Å². The van der Waals surface area contributed by atoms with E-state index in [9.17, 15) is 9.18 Å². The fourth-order valence-electron chi connectivity index (χ4n) is 3.71. The molecule has 0 aliphatic carbocycles. The Balaban J connectivity index is 1.22. The second-order valence-corrected chi connectivity index (χ2v) is 9.42. The Morgan fingerprint density at radius 3 is 2.65 bits per heavy atom. The summed E-state index contributed by atoms with van der Waals surface area (Å²) in [6, 6.07) is 10.1. The van der Waals surface area contributed by atoms with Crippen LogP contribution in [0.2, 0.25) is 0 Å². The van der Waals surface area contributed by atoms with Crippen LogP contribution in [0, 0.1) is 19.7 Å². The van der Waals surface area contributed by atoms with Crippen molar-refractivity contribution in [2.75, 3.05) is 12.4 Å². The van der Waals surface area contributed by atoms with Crippen LogP contribution in [-0.4, -0.2) is 53.4 Å². The van der Waals surface area contributed by atoms with Crippen molar-refractivity contribution in [2.45, 2.75) is 20.4 Å². The number of carbonyl (C=O) groups excluding carboxylic acids is 1. The zero-order valence-electron chi connectivity index (χ0n) is 21.8. The monoisotopic (exact) mass is 554 g/mol. The van der Waals surface area contributed by atoms with Crippen LogP contribution >= 0.6 is 11.5 Å². The molecule has 13 heteroatoms. The summed E-state index contributed by atoms with van der Waals surface area (Å²) in [4.78, 5) is 42.7. The zero-order chi connectivity index (χ0) is 28.1. The first kappa shape index (κ1) is 26.6. The molecule has 0 atom stereocenters. The van der Waals surface area contributed by atoms with Crippen molar-refractivity contribution in [3.05, 3.63) is 88.5 Å². The number of aryl methyl sites for hydroxylation is 2. The number of nitrogens with one attached hydrogen (secondary N) is 2. The van der Waals surface area contributed by atoms with Crippen LogP contribution in [0.25, 0.3) is 22.6 Å². The first-order valence-electron chi connectivity index (χ1n) is 12.1. The van der Waals surface area contributed by atoms with Gasteiger partial charge in [0.2, 0.25) is 5.95 Å². The van der Waals surface area contributed by atoms with E-state index in [-0.39, 0.29) is 18.1 Å². The Morgan fingerprint density at radius 1 is 1.02 bits per heavy atom. The number of aliphatic imine (C=N–C) groups is 1. The first-order valence-corrected chi connectivity index (χ1v) is 12.9. The summed E-state index contributed by atoms with van der Waals surface area (Å²) in [6.07, 6.45) is 5.99. The molecular weight excluding hydrogens is 531 g/mol. The molecule has 0 saturated carbocycles. The minimum absolute atomic E-state index is 0.248. The lowest BCUT2D eigenvalue weighted by Gasteiger charge is -2.08. The van der Waals surface area contributed by atoms with E-state index in [0.29, 0.717) is 45.1 Å². The molecule has 5 rings (SSSR count). The number of hydrogen-bond donors (Lipinski definition) is 2. The number of carbonyl (C=O) groups is 1. The summed E-state index contributed by atoms with van der Waals surface area (Å²) < 4.78 is 17.8. The predicted molar refractivity (Wildman–Crippen MR) is 150 cm³/mol. The quantitative estimate of drug-likeness (QED) is 0.268. The van der Waals surface area contributed by atoms with Gasteiger partial charge in [0.15, 0.2) is 10.8 Å². The van der Waals surface area contributed by atoms with Crippen molar-refractivity contribution in [1.82, 2.24) is 39.6 Å². The van der Waals surface area contributed by atoms with E-state index in [4.69, 9.17) is 0 Å². The highest BCUT2D eigenvalue weighted by atomic mass is 32.1. The first-order chi connectivity index (χ1) is 19.4. The molecule has 0 aliphatic rings. The van der Waals surface area contributed by atoms with E-state index in [2.05, 4.69) is 49.9 Å². The second kappa shape index (κ2) is 11.8. The number of aromatic nitrogens is 7. The molecule has 0 spiro atoms. The molecule has 0 unspecified atom stereocenters. The molecule has 0 aromatic carbocycles. The Bertz CT molecular complexity index is 1690. The van der Waals surface area contributed by atoms with E-state index < -0.39 is 5.82 Å². The molecule has 0 saturated heterocycles. The second-order valence-electron chi connectivity index (χ2n) is 8.64. The van der Waals surface area contributed by atoms with Crippen molar-refractivity contribution < 1.29 is 9.18 Å². The van der Waals surface area contributed by atoms with Crippen LogP contribution in [-0.2, 0) is 6.54 Å². The standard InChI is InChI=1S/C27H23FN10OS/c1-15-8-23(36-27-37-24(14-29-3)40-38-27)35-25(34-15)18-5-7-22(32-12-18)26(39)33-11-17-4-6-21(31-10-17)20-9-19(28)13-30-16(20)2/h4-10,12-14H,11H2,1-3H3,(H,33,39)(H,34,35,36,38)/b29-14-. The number of halogens is 1. The van der Waals surface area contributed by atoms with Crippen LogP contribution in [0.5, 0.6) is 0 Å². The maximum atomic E-state index is 13.6. The number of hydrogen-bond acceptors (Lipinski definition) is 11. The van der Waals surface area contributed by atoms with Gasteiger partial charge in [-0.15, -0.1) is 0 Å². The number of pyridine rings is 3. The molecule has 11 nitrogen and oxygen atoms in total. The molecule has 2 N–H and O–H groups in total. The van der Waals surface area contributed by atoms with E-state index in [0.717, 1.165) is 11.3 Å². The molecule has 5 aromatic rings. The fraction of sp³-hybridized carbons (Fsp3) is 0.148. The lowest BCUT2D eigenvalue weighted by molar-refractivity contribution is 0.0946. The zero-order valence-corrected chi connectivity index (χ0v) is 22.6. The van der Waals surface area contributed by atoms with Crippen molar-refractivity contribution in [1.29, 1.82) is 0 Å². The highest BCUT2D eigenvalue weighted by Crippen LogP contribution is 2.22. The Labute approximate surface area is 232 Å². The minimum atomic E-state index is -0.423. The highest BCUT2D eigenvalue weighted by molar-refractivity contribution is 7.07. The largest absolute Gasteiger partial charge is 0.347 e. The molecule has 1 amide bonds. The Morgan fingerprint density at radius 2 is 1.90 bits per heavy atom. The highest BCUT2D eigenvalue weighted by Gasteiger charge is 2.12. The topological polar surface area (TPSA) is 144 Å². The Hall–Kier alpha value is -5.04. The average Bonchev–Trinajstić information content (AvgIpc) is 3.40. The molecule has 0 bridgehead atoms. The third-order valence-electron chi connectivity index (χ3n) is 5.64. The summed E-state index contributed by atoms with van der Waals surface area (Å²) in [7, 11) is 1.67. The van der Waals surface area contributed by atoms with Crippen LogP contribution < -0.4 is 10.6 Å². The molecule has 5 heterocycles. The van der Waals surface area contributed by atoms with Crippen molar-refractivity contribution in [3.8, 4) is 22.6 Å². The number of anilines is 2. The van der Waals surface area contributed by atoms with E-state index in [1.54, 1.807) is 56.8 Å². The maximum absolute atomic E-state index is 13.6.